The van der Waals surface area contributed by atoms with Gasteiger partial charge in [-0.25, -0.2) is 0 Å². The van der Waals surface area contributed by atoms with E-state index in [4.69, 9.17) is 0 Å². The van der Waals surface area contributed by atoms with Crippen molar-refractivity contribution in [2.75, 3.05) is 0 Å². The van der Waals surface area contributed by atoms with Crippen LogP contribution < -0.4 is 0 Å². The summed E-state index contributed by atoms with van der Waals surface area (Å²) in [6, 6.07) is 51.2. The Morgan fingerprint density at radius 2 is 0.241 bits per heavy atom. The summed E-state index contributed by atoms with van der Waals surface area (Å²) in [4.78, 5) is 0. The molecule has 0 nitrogen and oxygen atoms in total. The van der Waals surface area contributed by atoms with E-state index in [0.29, 0.717) is 0 Å². The summed E-state index contributed by atoms with van der Waals surface area (Å²) in [6.45, 7) is 0. The molecule has 17 aromatic rings. The number of hydrogen-bond acceptors (Lipinski definition) is 0. The van der Waals surface area contributed by atoms with Gasteiger partial charge in [0.15, 0.2) is 0 Å². The molecule has 0 heteroatoms. The third kappa shape index (κ3) is 2.22. The predicted octanol–water partition coefficient (Wildman–Crippen LogP) is 15.6. The van der Waals surface area contributed by atoms with Crippen molar-refractivity contribution >= 4 is 172 Å². The second-order valence-electron chi connectivity index (χ2n) is 16.5. The zero-order valence-electron chi connectivity index (χ0n) is 28.7. The highest BCUT2D eigenvalue weighted by Gasteiger charge is 2.30. The average molecular weight is 671 g/mol. The second kappa shape index (κ2) is 7.55. The molecule has 0 fully saturated rings. The minimum Gasteiger partial charge on any atom is -0.0616 e. The maximum atomic E-state index is 2.40. The van der Waals surface area contributed by atoms with Crippen LogP contribution in [-0.4, -0.2) is 0 Å². The summed E-state index contributed by atoms with van der Waals surface area (Å²) in [6.07, 6.45) is 0. The summed E-state index contributed by atoms with van der Waals surface area (Å²) in [7, 11) is 0. The molecule has 0 aromatic heterocycles. The normalized spacial score (nSPS) is 13.9. The van der Waals surface area contributed by atoms with E-state index in [1.54, 1.807) is 0 Å². The third-order valence-corrected chi connectivity index (χ3v) is 14.7. The van der Waals surface area contributed by atoms with E-state index in [1.807, 2.05) is 0 Å². The first-order valence-electron chi connectivity index (χ1n) is 19.3. The lowest BCUT2D eigenvalue weighted by molar-refractivity contribution is 1.80. The van der Waals surface area contributed by atoms with E-state index in [2.05, 4.69) is 133 Å². The van der Waals surface area contributed by atoms with Crippen molar-refractivity contribution in [2.24, 2.45) is 0 Å². The van der Waals surface area contributed by atoms with Crippen molar-refractivity contribution < 1.29 is 0 Å². The number of hydrogen-bond donors (Lipinski definition) is 0. The standard InChI is InChI=1S/C54H22/c1-3-7-25-23(5-1)27-9-11-29-31-13-15-33-35-17-19-37-39-21-22-40-38-20-18-36-34-16-14-32-30-12-10-28-24-6-2-4-8-26(24)42(28)44(30)46(32)48(34)50(36)52(38)54(40)53(39)51(37)49(35)47(33)45(31)43(29)41(25)27/h1-22H. The van der Waals surface area contributed by atoms with Crippen molar-refractivity contribution in [3.63, 3.8) is 0 Å². The number of benzene rings is 9. The van der Waals surface area contributed by atoms with Gasteiger partial charge < -0.3 is 0 Å². The molecule has 0 aliphatic rings. The fraction of sp³-hybridized carbons (Fsp3) is 0. The van der Waals surface area contributed by atoms with Crippen molar-refractivity contribution in [3.8, 4) is 0 Å². The Morgan fingerprint density at radius 3 is 0.444 bits per heavy atom. The average Bonchev–Trinajstić information content (AvgIpc) is 3.18. The Hall–Kier alpha value is -7.02. The summed E-state index contributed by atoms with van der Waals surface area (Å²) in [5.74, 6) is 0. The SMILES string of the molecule is c1ccc2c(c1)c1ccc3c4ccc5c6ccc7c8ccc9c%10ccc%11c%12ccc%13c%14ccc%15c%16ccccc%16c%15c%14c%13c%12c%11c%10c9c8c7c6c5c4c3c21. The topological polar surface area (TPSA) is 0 Å². The first-order chi connectivity index (χ1) is 26.8. The quantitative estimate of drug-likeness (QED) is 0.151. The van der Waals surface area contributed by atoms with Gasteiger partial charge in [0.05, 0.1) is 0 Å². The lowest BCUT2D eigenvalue weighted by Crippen LogP contribution is -1.99. The molecule has 0 saturated carbocycles. The third-order valence-electron chi connectivity index (χ3n) is 14.7. The molecule has 0 bridgehead atoms. The summed E-state index contributed by atoms with van der Waals surface area (Å²) >= 11 is 0. The lowest BCUT2D eigenvalue weighted by atomic mass is 9.74. The van der Waals surface area contributed by atoms with Crippen molar-refractivity contribution in [2.45, 2.75) is 0 Å². The Balaban J connectivity index is 1.03. The van der Waals surface area contributed by atoms with E-state index in [0.717, 1.165) is 0 Å². The highest BCUT2D eigenvalue weighted by atomic mass is 14.3. The Morgan fingerprint density at radius 1 is 0.111 bits per heavy atom. The van der Waals surface area contributed by atoms with E-state index >= 15 is 0 Å². The zero-order chi connectivity index (χ0) is 34.0. The van der Waals surface area contributed by atoms with E-state index < -0.39 is 0 Å². The smallest absolute Gasteiger partial charge is 0.000717 e. The van der Waals surface area contributed by atoms with Crippen LogP contribution in [0.5, 0.6) is 0 Å². The first kappa shape index (κ1) is 25.0. The fourth-order valence-corrected chi connectivity index (χ4v) is 12.4. The van der Waals surface area contributed by atoms with E-state index in [1.165, 1.54) is 172 Å². The van der Waals surface area contributed by atoms with Crippen LogP contribution in [0.1, 0.15) is 0 Å². The van der Waals surface area contributed by atoms with Gasteiger partial charge in [-0.1, -0.05) is 133 Å². The molecule has 238 valence electrons. The molecular weight excluding hydrogens is 649 g/mol. The molecule has 0 atom stereocenters. The molecule has 17 rings (SSSR count). The van der Waals surface area contributed by atoms with Crippen LogP contribution in [0.25, 0.3) is 172 Å². The van der Waals surface area contributed by atoms with Gasteiger partial charge in [0.25, 0.3) is 0 Å². The largest absolute Gasteiger partial charge is 0.0616 e. The van der Waals surface area contributed by atoms with Gasteiger partial charge >= 0.3 is 0 Å². The number of rotatable bonds is 0. The molecule has 54 heavy (non-hydrogen) atoms. The zero-order valence-corrected chi connectivity index (χ0v) is 28.7. The first-order valence-corrected chi connectivity index (χ1v) is 19.3. The highest BCUT2D eigenvalue weighted by Crippen LogP contribution is 2.59. The second-order valence-corrected chi connectivity index (χ2v) is 16.5. The van der Waals surface area contributed by atoms with Crippen LogP contribution in [0.15, 0.2) is 133 Å². The maximum absolute atomic E-state index is 2.40. The maximum Gasteiger partial charge on any atom is -0.000717 e. The molecule has 0 amide bonds. The molecule has 0 aliphatic heterocycles. The van der Waals surface area contributed by atoms with E-state index in [-0.39, 0.29) is 0 Å². The minimum atomic E-state index is 1.39. The molecule has 0 unspecified atom stereocenters. The van der Waals surface area contributed by atoms with Crippen LogP contribution in [0.4, 0.5) is 0 Å². The summed E-state index contributed by atoms with van der Waals surface area (Å²) in [5, 5.41) is 46.1. The minimum absolute atomic E-state index is 1.39. The van der Waals surface area contributed by atoms with Gasteiger partial charge in [0, 0.05) is 0 Å². The summed E-state index contributed by atoms with van der Waals surface area (Å²) < 4.78 is 0. The van der Waals surface area contributed by atoms with Crippen molar-refractivity contribution in [3.05, 3.63) is 133 Å². The predicted molar refractivity (Wildman–Crippen MR) is 236 cm³/mol. The van der Waals surface area contributed by atoms with Crippen LogP contribution in [0, 0.1) is 0 Å². The Labute approximate surface area is 304 Å². The van der Waals surface area contributed by atoms with Gasteiger partial charge in [-0.15, -0.1) is 0 Å². The van der Waals surface area contributed by atoms with Gasteiger partial charge in [0.2, 0.25) is 0 Å². The Bertz CT molecular complexity index is 4180. The van der Waals surface area contributed by atoms with Crippen molar-refractivity contribution in [1.82, 2.24) is 0 Å². The Kier molecular flexibility index (Phi) is 3.50. The molecule has 17 aromatic carbocycles. The molecule has 0 aliphatic carbocycles. The van der Waals surface area contributed by atoms with Gasteiger partial charge in [0.1, 0.15) is 0 Å². The van der Waals surface area contributed by atoms with Crippen LogP contribution in [0.3, 0.4) is 0 Å². The highest BCUT2D eigenvalue weighted by molar-refractivity contribution is 6.58. The van der Waals surface area contributed by atoms with Gasteiger partial charge in [-0.2, -0.15) is 0 Å². The molecule has 0 spiro atoms. The van der Waals surface area contributed by atoms with Crippen LogP contribution >= 0.6 is 0 Å². The fourth-order valence-electron chi connectivity index (χ4n) is 12.4. The van der Waals surface area contributed by atoms with Gasteiger partial charge in [-0.05, 0) is 172 Å². The molecule has 0 radical (unpaired) electrons. The monoisotopic (exact) mass is 670 g/mol. The van der Waals surface area contributed by atoms with Gasteiger partial charge in [-0.3, -0.25) is 0 Å². The lowest BCUT2D eigenvalue weighted by Gasteiger charge is -2.28. The molecule has 0 saturated heterocycles. The molecular formula is C54H22. The van der Waals surface area contributed by atoms with Crippen LogP contribution in [0.2, 0.25) is 0 Å². The van der Waals surface area contributed by atoms with E-state index in [9.17, 15) is 0 Å². The van der Waals surface area contributed by atoms with Crippen LogP contribution in [-0.2, 0) is 0 Å². The molecule has 0 N–H and O–H groups in total. The van der Waals surface area contributed by atoms with Crippen molar-refractivity contribution in [1.29, 1.82) is 0 Å². The summed E-state index contributed by atoms with van der Waals surface area (Å²) in [5.41, 5.74) is 0. The molecule has 0 heterocycles. The number of fused-ring (bicyclic) bond motifs is 39.